The first-order chi connectivity index (χ1) is 9.90. The topological polar surface area (TPSA) is 27.6 Å². The summed E-state index contributed by atoms with van der Waals surface area (Å²) in [7, 11) is 0. The predicted octanol–water partition coefficient (Wildman–Crippen LogP) is 2.39. The molecule has 1 aromatic rings. The molecule has 2 aliphatic rings. The van der Waals surface area contributed by atoms with Crippen molar-refractivity contribution >= 4 is 16.9 Å². The summed E-state index contributed by atoms with van der Waals surface area (Å²) in [4.78, 5) is 7.22. The zero-order chi connectivity index (χ0) is 13.6. The third-order valence-electron chi connectivity index (χ3n) is 3.94. The van der Waals surface area contributed by atoms with Crippen LogP contribution in [-0.4, -0.2) is 48.0 Å². The highest BCUT2D eigenvalue weighted by molar-refractivity contribution is 8.14. The van der Waals surface area contributed by atoms with Crippen molar-refractivity contribution in [3.05, 3.63) is 35.9 Å². The van der Waals surface area contributed by atoms with E-state index in [1.54, 1.807) is 0 Å². The van der Waals surface area contributed by atoms with Crippen LogP contribution in [0.5, 0.6) is 0 Å². The molecule has 0 bridgehead atoms. The van der Waals surface area contributed by atoms with E-state index in [2.05, 4.69) is 40.5 Å². The summed E-state index contributed by atoms with van der Waals surface area (Å²) in [6, 6.07) is 11.2. The second-order valence-corrected chi connectivity index (χ2v) is 6.59. The van der Waals surface area contributed by atoms with Crippen LogP contribution in [0.15, 0.2) is 35.3 Å². The third-order valence-corrected chi connectivity index (χ3v) is 5.03. The van der Waals surface area contributed by atoms with E-state index in [1.807, 2.05) is 11.8 Å². The van der Waals surface area contributed by atoms with E-state index in [0.717, 1.165) is 30.4 Å². The number of benzene rings is 1. The van der Waals surface area contributed by atoms with Crippen LogP contribution in [0.4, 0.5) is 0 Å². The molecule has 2 saturated heterocycles. The van der Waals surface area contributed by atoms with Crippen LogP contribution in [-0.2, 0) is 6.42 Å². The van der Waals surface area contributed by atoms with E-state index in [0.29, 0.717) is 6.04 Å². The molecule has 0 aromatic heterocycles. The summed E-state index contributed by atoms with van der Waals surface area (Å²) in [5.74, 6) is 1.14. The number of hydrogen-bond donors (Lipinski definition) is 1. The smallest absolute Gasteiger partial charge is 0.156 e. The lowest BCUT2D eigenvalue weighted by molar-refractivity contribution is 0.349. The van der Waals surface area contributed by atoms with Gasteiger partial charge in [0.25, 0.3) is 0 Å². The molecule has 108 valence electrons. The molecule has 1 atom stereocenters. The van der Waals surface area contributed by atoms with Crippen LogP contribution >= 0.6 is 11.8 Å². The molecule has 0 amide bonds. The summed E-state index contributed by atoms with van der Waals surface area (Å²) >= 11 is 1.87. The molecule has 3 nitrogen and oxygen atoms in total. The quantitative estimate of drug-likeness (QED) is 0.902. The highest BCUT2D eigenvalue weighted by Crippen LogP contribution is 2.17. The Morgan fingerprint density at radius 1 is 1.20 bits per heavy atom. The second-order valence-electron chi connectivity index (χ2n) is 5.58. The Morgan fingerprint density at radius 3 is 2.80 bits per heavy atom. The van der Waals surface area contributed by atoms with Gasteiger partial charge in [-0.15, -0.1) is 0 Å². The molecule has 0 radical (unpaired) electrons. The monoisotopic (exact) mass is 289 g/mol. The zero-order valence-electron chi connectivity index (χ0n) is 11.9. The van der Waals surface area contributed by atoms with Crippen molar-refractivity contribution in [2.75, 3.05) is 31.9 Å². The zero-order valence-corrected chi connectivity index (χ0v) is 12.7. The minimum atomic E-state index is 0.535. The van der Waals surface area contributed by atoms with Crippen LogP contribution < -0.4 is 5.32 Å². The van der Waals surface area contributed by atoms with E-state index < -0.39 is 0 Å². The van der Waals surface area contributed by atoms with Gasteiger partial charge in [-0.1, -0.05) is 42.1 Å². The van der Waals surface area contributed by atoms with Gasteiger partial charge in [0, 0.05) is 18.3 Å². The SMILES string of the molecule is c1ccc(CC2CSC(=NCCN3CCCC3)N2)cc1. The summed E-state index contributed by atoms with van der Waals surface area (Å²) in [5, 5.41) is 4.70. The Kier molecular flexibility index (Phi) is 4.98. The molecule has 1 aromatic carbocycles. The predicted molar refractivity (Wildman–Crippen MR) is 87.5 cm³/mol. The van der Waals surface area contributed by atoms with Gasteiger partial charge in [-0.05, 0) is 37.9 Å². The standard InChI is InChI=1S/C16H23N3S/c1-2-6-14(7-3-1)12-15-13-20-16(18-15)17-8-11-19-9-4-5-10-19/h1-3,6-7,15H,4-5,8-13H2,(H,17,18). The van der Waals surface area contributed by atoms with Crippen LogP contribution in [0.1, 0.15) is 18.4 Å². The lowest BCUT2D eigenvalue weighted by atomic mass is 10.1. The Labute approximate surface area is 125 Å². The van der Waals surface area contributed by atoms with Gasteiger partial charge in [0.05, 0.1) is 6.54 Å². The molecule has 0 spiro atoms. The van der Waals surface area contributed by atoms with Gasteiger partial charge in [0.1, 0.15) is 0 Å². The largest absolute Gasteiger partial charge is 0.361 e. The Balaban J connectivity index is 1.42. The molecule has 20 heavy (non-hydrogen) atoms. The number of rotatable bonds is 5. The number of amidine groups is 1. The minimum absolute atomic E-state index is 0.535. The fourth-order valence-corrected chi connectivity index (χ4v) is 3.83. The normalized spacial score (nSPS) is 25.2. The first-order valence-electron chi connectivity index (χ1n) is 7.60. The number of nitrogens with zero attached hydrogens (tertiary/aromatic N) is 2. The maximum atomic E-state index is 4.71. The van der Waals surface area contributed by atoms with Gasteiger partial charge in [0.15, 0.2) is 5.17 Å². The van der Waals surface area contributed by atoms with Crippen molar-refractivity contribution in [3.63, 3.8) is 0 Å². The van der Waals surface area contributed by atoms with Crippen molar-refractivity contribution < 1.29 is 0 Å². The van der Waals surface area contributed by atoms with Gasteiger partial charge < -0.3 is 10.2 Å². The molecule has 1 unspecified atom stereocenters. The first kappa shape index (κ1) is 14.0. The summed E-state index contributed by atoms with van der Waals surface area (Å²) in [5.41, 5.74) is 1.41. The van der Waals surface area contributed by atoms with Crippen LogP contribution in [0, 0.1) is 0 Å². The van der Waals surface area contributed by atoms with Crippen molar-refractivity contribution in [2.24, 2.45) is 4.99 Å². The van der Waals surface area contributed by atoms with E-state index in [4.69, 9.17) is 4.99 Å². The molecule has 2 fully saturated rings. The third kappa shape index (κ3) is 4.00. The number of aliphatic imine (C=N–C) groups is 1. The van der Waals surface area contributed by atoms with Crippen LogP contribution in [0.3, 0.4) is 0 Å². The highest BCUT2D eigenvalue weighted by Gasteiger charge is 2.20. The highest BCUT2D eigenvalue weighted by atomic mass is 32.2. The summed E-state index contributed by atoms with van der Waals surface area (Å²) in [6.45, 7) is 4.59. The van der Waals surface area contributed by atoms with Gasteiger partial charge in [-0.3, -0.25) is 4.99 Å². The summed E-state index contributed by atoms with van der Waals surface area (Å²) < 4.78 is 0. The van der Waals surface area contributed by atoms with Crippen LogP contribution in [0.25, 0.3) is 0 Å². The van der Waals surface area contributed by atoms with E-state index >= 15 is 0 Å². The molecule has 2 heterocycles. The maximum Gasteiger partial charge on any atom is 0.156 e. The molecule has 0 aliphatic carbocycles. The Morgan fingerprint density at radius 2 is 2.00 bits per heavy atom. The fraction of sp³-hybridized carbons (Fsp3) is 0.562. The average Bonchev–Trinajstić information content (AvgIpc) is 3.12. The van der Waals surface area contributed by atoms with E-state index in [1.165, 1.54) is 31.5 Å². The molecule has 2 aliphatic heterocycles. The van der Waals surface area contributed by atoms with Crippen molar-refractivity contribution in [3.8, 4) is 0 Å². The van der Waals surface area contributed by atoms with Gasteiger partial charge in [-0.25, -0.2) is 0 Å². The molecular weight excluding hydrogens is 266 g/mol. The van der Waals surface area contributed by atoms with E-state index in [-0.39, 0.29) is 0 Å². The molecule has 3 rings (SSSR count). The first-order valence-corrected chi connectivity index (χ1v) is 8.59. The van der Waals surface area contributed by atoms with Crippen molar-refractivity contribution in [1.82, 2.24) is 10.2 Å². The Hall–Kier alpha value is -1.00. The lowest BCUT2D eigenvalue weighted by Gasteiger charge is -2.12. The summed E-state index contributed by atoms with van der Waals surface area (Å²) in [6.07, 6.45) is 3.82. The van der Waals surface area contributed by atoms with Crippen molar-refractivity contribution in [1.29, 1.82) is 0 Å². The van der Waals surface area contributed by atoms with Gasteiger partial charge >= 0.3 is 0 Å². The molecule has 1 N–H and O–H groups in total. The van der Waals surface area contributed by atoms with Crippen molar-refractivity contribution in [2.45, 2.75) is 25.3 Å². The molecular formula is C16H23N3S. The number of thioether (sulfide) groups is 1. The van der Waals surface area contributed by atoms with Gasteiger partial charge in [0.2, 0.25) is 0 Å². The Bertz CT molecular complexity index is 440. The number of likely N-dealkylation sites (tertiary alicyclic amines) is 1. The minimum Gasteiger partial charge on any atom is -0.361 e. The van der Waals surface area contributed by atoms with Crippen LogP contribution in [0.2, 0.25) is 0 Å². The fourth-order valence-electron chi connectivity index (χ4n) is 2.84. The number of hydrogen-bond acceptors (Lipinski definition) is 3. The maximum absolute atomic E-state index is 4.71. The number of nitrogens with one attached hydrogen (secondary N) is 1. The van der Waals surface area contributed by atoms with E-state index in [9.17, 15) is 0 Å². The lowest BCUT2D eigenvalue weighted by Crippen LogP contribution is -2.29. The second kappa shape index (κ2) is 7.14. The van der Waals surface area contributed by atoms with Gasteiger partial charge in [-0.2, -0.15) is 0 Å². The molecule has 4 heteroatoms. The average molecular weight is 289 g/mol. The molecule has 0 saturated carbocycles.